The van der Waals surface area contributed by atoms with Gasteiger partial charge in [-0.05, 0) is 23.3 Å². The summed E-state index contributed by atoms with van der Waals surface area (Å²) in [6.07, 6.45) is 13.3. The van der Waals surface area contributed by atoms with Crippen molar-refractivity contribution in [1.29, 1.82) is 0 Å². The van der Waals surface area contributed by atoms with E-state index in [1.807, 2.05) is 18.2 Å². The van der Waals surface area contributed by atoms with Crippen molar-refractivity contribution in [3.05, 3.63) is 114 Å². The number of benzene rings is 2. The molecule has 0 fully saturated rings. The zero-order valence-electron chi connectivity index (χ0n) is 13.4. The highest BCUT2D eigenvalue weighted by molar-refractivity contribution is 5.79. The van der Waals surface area contributed by atoms with Crippen molar-refractivity contribution < 1.29 is 0 Å². The molecule has 0 radical (unpaired) electrons. The molecule has 2 aromatic rings. The highest BCUT2D eigenvalue weighted by atomic mass is 14.3. The lowest BCUT2D eigenvalue weighted by Crippen LogP contribution is -2.12. The van der Waals surface area contributed by atoms with E-state index in [1.165, 1.54) is 16.7 Å². The maximum absolute atomic E-state index is 3.48. The minimum atomic E-state index is 0.248. The smallest absolute Gasteiger partial charge is 0.0285 e. The van der Waals surface area contributed by atoms with Crippen LogP contribution in [0, 0.1) is 23.7 Å². The monoisotopic (exact) mass is 306 g/mol. The summed E-state index contributed by atoms with van der Waals surface area (Å²) in [6, 6.07) is 20.8. The van der Waals surface area contributed by atoms with Crippen molar-refractivity contribution in [2.45, 2.75) is 0 Å². The summed E-state index contributed by atoms with van der Waals surface area (Å²) in [4.78, 5) is 0. The highest BCUT2D eigenvalue weighted by Gasteiger charge is 2.24. The van der Waals surface area contributed by atoms with E-state index >= 15 is 0 Å². The first kappa shape index (κ1) is 14.5. The molecule has 24 heavy (non-hydrogen) atoms. The lowest BCUT2D eigenvalue weighted by atomic mass is 9.77. The Balaban J connectivity index is 1.88. The van der Waals surface area contributed by atoms with Crippen molar-refractivity contribution >= 4 is 5.57 Å². The second kappa shape index (κ2) is 6.60. The predicted octanol–water partition coefficient (Wildman–Crippen LogP) is 5.42. The van der Waals surface area contributed by atoms with Crippen LogP contribution in [0.1, 0.15) is 11.1 Å². The van der Waals surface area contributed by atoms with Gasteiger partial charge in [0, 0.05) is 23.0 Å². The van der Waals surface area contributed by atoms with Gasteiger partial charge in [-0.25, -0.2) is 0 Å². The Labute approximate surface area is 143 Å². The molecule has 0 saturated carbocycles. The highest BCUT2D eigenvalue weighted by Crippen LogP contribution is 2.38. The van der Waals surface area contributed by atoms with Gasteiger partial charge in [-0.15, -0.1) is 0 Å². The number of rotatable bonds is 1. The van der Waals surface area contributed by atoms with Crippen LogP contribution < -0.4 is 0 Å². The normalized spacial score (nSPS) is 22.5. The molecule has 2 atom stereocenters. The molecular weight excluding hydrogens is 288 g/mol. The summed E-state index contributed by atoms with van der Waals surface area (Å²) in [5, 5.41) is 0. The van der Waals surface area contributed by atoms with Gasteiger partial charge in [0.05, 0.1) is 0 Å². The summed E-state index contributed by atoms with van der Waals surface area (Å²) < 4.78 is 0. The van der Waals surface area contributed by atoms with Gasteiger partial charge in [0.2, 0.25) is 0 Å². The van der Waals surface area contributed by atoms with E-state index in [4.69, 9.17) is 0 Å². The fraction of sp³-hybridized carbons (Fsp3) is 0.0833. The van der Waals surface area contributed by atoms with Gasteiger partial charge in [-0.1, -0.05) is 96.8 Å². The van der Waals surface area contributed by atoms with E-state index in [0.29, 0.717) is 0 Å². The average molecular weight is 306 g/mol. The molecule has 2 bridgehead atoms. The Morgan fingerprint density at radius 3 is 1.96 bits per heavy atom. The third-order valence-electron chi connectivity index (χ3n) is 4.43. The van der Waals surface area contributed by atoms with Gasteiger partial charge >= 0.3 is 0 Å². The summed E-state index contributed by atoms with van der Waals surface area (Å²) in [6.45, 7) is 0. The van der Waals surface area contributed by atoms with Crippen LogP contribution in [0.3, 0.4) is 0 Å². The Hall–Kier alpha value is -3.04. The van der Waals surface area contributed by atoms with Gasteiger partial charge in [0.1, 0.15) is 0 Å². The van der Waals surface area contributed by atoms with Crippen molar-refractivity contribution in [2.24, 2.45) is 11.8 Å². The maximum atomic E-state index is 3.48. The SMILES string of the molecule is C(#Cc1ccccc1)C1=C(c2ccccc2)[C@@H]2C=C[C@H]1C=C/C=C\2. The Kier molecular flexibility index (Phi) is 4.00. The van der Waals surface area contributed by atoms with Crippen LogP contribution >= 0.6 is 0 Å². The van der Waals surface area contributed by atoms with Crippen LogP contribution in [0.2, 0.25) is 0 Å². The fourth-order valence-electron chi connectivity index (χ4n) is 3.26. The van der Waals surface area contributed by atoms with Gasteiger partial charge in [0.25, 0.3) is 0 Å². The van der Waals surface area contributed by atoms with Crippen LogP contribution in [0.15, 0.2) is 103 Å². The largest absolute Gasteiger partial charge is 0.0762 e. The maximum Gasteiger partial charge on any atom is 0.0285 e. The molecule has 0 aliphatic heterocycles. The van der Waals surface area contributed by atoms with E-state index in [1.54, 1.807) is 0 Å². The molecule has 0 nitrogen and oxygen atoms in total. The molecule has 0 amide bonds. The first-order valence-electron chi connectivity index (χ1n) is 8.32. The van der Waals surface area contributed by atoms with Crippen LogP contribution in [-0.2, 0) is 0 Å². The van der Waals surface area contributed by atoms with Crippen LogP contribution in [0.4, 0.5) is 0 Å². The first-order valence-corrected chi connectivity index (χ1v) is 8.32. The quantitative estimate of drug-likeness (QED) is 0.487. The number of fused-ring (bicyclic) bond motifs is 2. The van der Waals surface area contributed by atoms with Crippen LogP contribution in [0.25, 0.3) is 5.57 Å². The van der Waals surface area contributed by atoms with Gasteiger partial charge in [0.15, 0.2) is 0 Å². The van der Waals surface area contributed by atoms with E-state index in [2.05, 4.69) is 90.8 Å². The topological polar surface area (TPSA) is 0 Å². The second-order valence-electron chi connectivity index (χ2n) is 6.02. The Morgan fingerprint density at radius 2 is 1.21 bits per heavy atom. The second-order valence-corrected chi connectivity index (χ2v) is 6.02. The van der Waals surface area contributed by atoms with Crippen molar-refractivity contribution in [1.82, 2.24) is 0 Å². The minimum Gasteiger partial charge on any atom is -0.0762 e. The molecule has 0 aromatic heterocycles. The number of hydrogen-bond donors (Lipinski definition) is 0. The minimum absolute atomic E-state index is 0.248. The summed E-state index contributed by atoms with van der Waals surface area (Å²) >= 11 is 0. The van der Waals surface area contributed by atoms with Gasteiger partial charge in [-0.3, -0.25) is 0 Å². The summed E-state index contributed by atoms with van der Waals surface area (Å²) in [7, 11) is 0. The Morgan fingerprint density at radius 1 is 0.583 bits per heavy atom. The standard InChI is InChI=1S/C24H18/c1-3-9-19(10-4-1)15-18-23-20-11-7-8-14-22(17-16-20)24(23)21-12-5-2-6-13-21/h1-14,16-17,20,22H/b11-7?,14-8-/t20-,22+/m1/s1. The van der Waals surface area contributed by atoms with E-state index in [-0.39, 0.29) is 11.8 Å². The third-order valence-corrected chi connectivity index (χ3v) is 4.43. The molecule has 0 unspecified atom stereocenters. The zero-order chi connectivity index (χ0) is 16.2. The van der Waals surface area contributed by atoms with Crippen LogP contribution in [0.5, 0.6) is 0 Å². The van der Waals surface area contributed by atoms with Crippen LogP contribution in [-0.4, -0.2) is 0 Å². The molecule has 0 spiro atoms. The molecule has 4 rings (SSSR count). The molecule has 0 heteroatoms. The predicted molar refractivity (Wildman–Crippen MR) is 101 cm³/mol. The number of hydrogen-bond acceptors (Lipinski definition) is 0. The zero-order valence-corrected chi connectivity index (χ0v) is 13.4. The number of allylic oxidation sites excluding steroid dienone is 8. The molecule has 2 aliphatic carbocycles. The summed E-state index contributed by atoms with van der Waals surface area (Å²) in [5.41, 5.74) is 4.85. The summed E-state index contributed by atoms with van der Waals surface area (Å²) in [5.74, 6) is 7.36. The molecule has 0 saturated heterocycles. The van der Waals surface area contributed by atoms with Crippen molar-refractivity contribution in [3.8, 4) is 11.8 Å². The van der Waals surface area contributed by atoms with Crippen molar-refractivity contribution in [2.75, 3.05) is 0 Å². The molecule has 114 valence electrons. The average Bonchev–Trinajstić information content (AvgIpc) is 2.62. The molecular formula is C24H18. The van der Waals surface area contributed by atoms with E-state index < -0.39 is 0 Å². The lowest BCUT2D eigenvalue weighted by molar-refractivity contribution is 0.915. The fourth-order valence-corrected chi connectivity index (χ4v) is 3.26. The molecule has 2 aliphatic rings. The van der Waals surface area contributed by atoms with Crippen molar-refractivity contribution in [3.63, 3.8) is 0 Å². The molecule has 0 heterocycles. The van der Waals surface area contributed by atoms with Gasteiger partial charge in [-0.2, -0.15) is 0 Å². The third kappa shape index (κ3) is 2.90. The van der Waals surface area contributed by atoms with E-state index in [9.17, 15) is 0 Å². The molecule has 0 N–H and O–H groups in total. The molecule has 2 aromatic carbocycles. The van der Waals surface area contributed by atoms with E-state index in [0.717, 1.165) is 5.56 Å². The Bertz CT molecular complexity index is 897. The first-order chi connectivity index (χ1) is 11.9. The van der Waals surface area contributed by atoms with Gasteiger partial charge < -0.3 is 0 Å². The lowest BCUT2D eigenvalue weighted by Gasteiger charge is -2.26.